The molecule has 1 saturated carbocycles. The third kappa shape index (κ3) is 3.52. The lowest BCUT2D eigenvalue weighted by Crippen LogP contribution is -2.66. The summed E-state index contributed by atoms with van der Waals surface area (Å²) in [6.07, 6.45) is -4.51. The first kappa shape index (κ1) is 17.0. The molecular formula is C12H20F3NO4S. The topological polar surface area (TPSA) is 66.8 Å². The van der Waals surface area contributed by atoms with E-state index in [0.717, 1.165) is 4.31 Å². The highest BCUT2D eigenvalue weighted by Gasteiger charge is 2.51. The Morgan fingerprint density at radius 3 is 2.19 bits per heavy atom. The molecule has 0 radical (unpaired) electrons. The lowest BCUT2D eigenvalue weighted by molar-refractivity contribution is -0.181. The number of aliphatic hydroxyl groups is 1. The van der Waals surface area contributed by atoms with Gasteiger partial charge in [0.25, 0.3) is 0 Å². The minimum atomic E-state index is -4.25. The normalized spacial score (nSPS) is 30.9. The summed E-state index contributed by atoms with van der Waals surface area (Å²) in [6.45, 7) is -0.0649. The summed E-state index contributed by atoms with van der Waals surface area (Å²) >= 11 is 0. The molecule has 0 bridgehead atoms. The summed E-state index contributed by atoms with van der Waals surface area (Å²) in [5.41, 5.74) is -1.18. The predicted octanol–water partition coefficient (Wildman–Crippen LogP) is 1.13. The van der Waals surface area contributed by atoms with Crippen LogP contribution in [0.1, 0.15) is 25.7 Å². The van der Waals surface area contributed by atoms with Gasteiger partial charge >= 0.3 is 6.18 Å². The van der Waals surface area contributed by atoms with Crippen molar-refractivity contribution in [3.63, 3.8) is 0 Å². The molecule has 0 atom stereocenters. The van der Waals surface area contributed by atoms with E-state index in [0.29, 0.717) is 0 Å². The molecule has 21 heavy (non-hydrogen) atoms. The van der Waals surface area contributed by atoms with E-state index in [4.69, 9.17) is 4.74 Å². The van der Waals surface area contributed by atoms with Gasteiger partial charge < -0.3 is 9.84 Å². The van der Waals surface area contributed by atoms with Crippen molar-refractivity contribution in [1.29, 1.82) is 0 Å². The smallest absolute Gasteiger partial charge is 0.385 e. The third-order valence-electron chi connectivity index (χ3n) is 4.27. The van der Waals surface area contributed by atoms with Gasteiger partial charge in [-0.25, -0.2) is 8.42 Å². The van der Waals surface area contributed by atoms with Crippen molar-refractivity contribution in [3.05, 3.63) is 0 Å². The Morgan fingerprint density at radius 1 is 1.24 bits per heavy atom. The zero-order chi connectivity index (χ0) is 15.9. The fourth-order valence-electron chi connectivity index (χ4n) is 3.05. The van der Waals surface area contributed by atoms with Crippen LogP contribution in [0.2, 0.25) is 0 Å². The molecule has 0 spiro atoms. The molecule has 0 aromatic heterocycles. The van der Waals surface area contributed by atoms with Crippen molar-refractivity contribution in [1.82, 2.24) is 4.31 Å². The maximum absolute atomic E-state index is 12.6. The van der Waals surface area contributed by atoms with Crippen LogP contribution >= 0.6 is 0 Å². The molecule has 1 N–H and O–H groups in total. The predicted molar refractivity (Wildman–Crippen MR) is 69.1 cm³/mol. The van der Waals surface area contributed by atoms with Crippen LogP contribution in [0.5, 0.6) is 0 Å². The number of β-amino-alcohol motifs (C(OH)–C–C–N with tert-alkyl or cyclic N) is 1. The molecule has 0 aromatic carbocycles. The zero-order valence-electron chi connectivity index (χ0n) is 11.8. The van der Waals surface area contributed by atoms with Crippen LogP contribution in [0.15, 0.2) is 0 Å². The van der Waals surface area contributed by atoms with E-state index in [1.54, 1.807) is 0 Å². The quantitative estimate of drug-likeness (QED) is 0.839. The van der Waals surface area contributed by atoms with Crippen molar-refractivity contribution >= 4 is 10.0 Å². The second-order valence-electron chi connectivity index (χ2n) is 5.99. The van der Waals surface area contributed by atoms with Crippen molar-refractivity contribution in [2.24, 2.45) is 5.92 Å². The number of hydrogen-bond donors (Lipinski definition) is 1. The molecule has 2 fully saturated rings. The van der Waals surface area contributed by atoms with Gasteiger partial charge in [0.05, 0.1) is 17.8 Å². The fourth-order valence-corrected chi connectivity index (χ4v) is 5.18. The summed E-state index contributed by atoms with van der Waals surface area (Å²) in [5, 5.41) is 9.14. The Hall–Kier alpha value is -0.380. The van der Waals surface area contributed by atoms with Gasteiger partial charge in [-0.3, -0.25) is 0 Å². The van der Waals surface area contributed by atoms with E-state index in [1.165, 1.54) is 7.11 Å². The molecule has 9 heteroatoms. The van der Waals surface area contributed by atoms with Crippen LogP contribution in [0, 0.1) is 5.92 Å². The van der Waals surface area contributed by atoms with E-state index >= 15 is 0 Å². The van der Waals surface area contributed by atoms with Crippen molar-refractivity contribution in [2.75, 3.05) is 26.8 Å². The molecule has 0 amide bonds. The van der Waals surface area contributed by atoms with Gasteiger partial charge in [0.15, 0.2) is 0 Å². The van der Waals surface area contributed by atoms with Crippen molar-refractivity contribution < 1.29 is 31.4 Å². The average Bonchev–Trinajstić information content (AvgIpc) is 2.35. The maximum atomic E-state index is 12.6. The van der Waals surface area contributed by atoms with Gasteiger partial charge in [-0.05, 0) is 25.7 Å². The van der Waals surface area contributed by atoms with Crippen LogP contribution in [0.3, 0.4) is 0 Å². The first-order chi connectivity index (χ1) is 9.58. The van der Waals surface area contributed by atoms with Crippen LogP contribution in [0.4, 0.5) is 13.2 Å². The van der Waals surface area contributed by atoms with E-state index in [-0.39, 0.29) is 45.4 Å². The van der Waals surface area contributed by atoms with Gasteiger partial charge in [0.1, 0.15) is 5.60 Å². The Bertz CT molecular complexity index is 465. The van der Waals surface area contributed by atoms with Gasteiger partial charge in [-0.1, -0.05) is 0 Å². The highest BCUT2D eigenvalue weighted by atomic mass is 32.2. The Kier molecular flexibility index (Phi) is 4.59. The number of sulfonamides is 1. The monoisotopic (exact) mass is 331 g/mol. The molecule has 0 unspecified atom stereocenters. The van der Waals surface area contributed by atoms with E-state index < -0.39 is 33.0 Å². The Morgan fingerprint density at radius 2 is 1.76 bits per heavy atom. The molecule has 124 valence electrons. The number of methoxy groups -OCH3 is 1. The largest absolute Gasteiger partial charge is 0.391 e. The zero-order valence-corrected chi connectivity index (χ0v) is 12.6. The number of alkyl halides is 3. The molecular weight excluding hydrogens is 311 g/mol. The third-order valence-corrected chi connectivity index (χ3v) is 6.56. The highest BCUT2D eigenvalue weighted by Crippen LogP contribution is 2.40. The molecule has 1 saturated heterocycles. The molecule has 5 nitrogen and oxygen atoms in total. The summed E-state index contributed by atoms with van der Waals surface area (Å²) in [4.78, 5) is 0. The average molecular weight is 331 g/mol. The fraction of sp³-hybridized carbons (Fsp3) is 1.00. The van der Waals surface area contributed by atoms with Crippen molar-refractivity contribution in [3.8, 4) is 0 Å². The summed E-state index contributed by atoms with van der Waals surface area (Å²) < 4.78 is 68.3. The number of halogens is 3. The molecule has 2 rings (SSSR count). The summed E-state index contributed by atoms with van der Waals surface area (Å²) in [7, 11) is -2.22. The van der Waals surface area contributed by atoms with Gasteiger partial charge in [0.2, 0.25) is 10.0 Å². The van der Waals surface area contributed by atoms with Crippen LogP contribution in [-0.4, -0.2) is 61.7 Å². The molecule has 1 heterocycles. The van der Waals surface area contributed by atoms with Gasteiger partial charge in [0, 0.05) is 20.2 Å². The van der Waals surface area contributed by atoms with Crippen molar-refractivity contribution in [2.45, 2.75) is 42.7 Å². The molecule has 1 aliphatic heterocycles. The number of nitrogens with zero attached hydrogens (tertiary/aromatic N) is 1. The van der Waals surface area contributed by atoms with Crippen LogP contribution in [0.25, 0.3) is 0 Å². The Balaban J connectivity index is 1.92. The van der Waals surface area contributed by atoms with Crippen LogP contribution in [-0.2, 0) is 14.8 Å². The van der Waals surface area contributed by atoms with Gasteiger partial charge in [-0.15, -0.1) is 0 Å². The van der Waals surface area contributed by atoms with E-state index in [2.05, 4.69) is 0 Å². The van der Waals surface area contributed by atoms with Crippen LogP contribution < -0.4 is 0 Å². The molecule has 0 aromatic rings. The second kappa shape index (κ2) is 5.68. The van der Waals surface area contributed by atoms with Gasteiger partial charge in [-0.2, -0.15) is 17.5 Å². The first-order valence-corrected chi connectivity index (χ1v) is 8.36. The summed E-state index contributed by atoms with van der Waals surface area (Å²) in [6, 6.07) is 0. The first-order valence-electron chi connectivity index (χ1n) is 6.85. The highest BCUT2D eigenvalue weighted by molar-refractivity contribution is 7.89. The lowest BCUT2D eigenvalue weighted by Gasteiger charge is -2.46. The second-order valence-corrected chi connectivity index (χ2v) is 8.20. The lowest BCUT2D eigenvalue weighted by atomic mass is 9.88. The van der Waals surface area contributed by atoms with E-state index in [1.807, 2.05) is 0 Å². The van der Waals surface area contributed by atoms with E-state index in [9.17, 15) is 26.7 Å². The molecule has 1 aliphatic carbocycles. The maximum Gasteiger partial charge on any atom is 0.391 e. The minimum absolute atomic E-state index is 0.0196. The number of rotatable bonds is 4. The Labute approximate surface area is 122 Å². The SMILES string of the molecule is COCC1(O)CN(S(=O)(=O)C2CCC(C(F)(F)F)CC2)C1. The number of hydrogen-bond acceptors (Lipinski definition) is 4. The summed E-state index contributed by atoms with van der Waals surface area (Å²) in [5.74, 6) is -1.40. The standard InChI is InChI=1S/C12H20F3NO4S/c1-20-8-11(17)6-16(7-11)21(18,19)10-4-2-9(3-5-10)12(13,14)15/h9-10,17H,2-8H2,1H3. The number of ether oxygens (including phenoxy) is 1. The minimum Gasteiger partial charge on any atom is -0.385 e. The molecule has 2 aliphatic rings.